The van der Waals surface area contributed by atoms with Gasteiger partial charge >= 0.3 is 12.6 Å². The number of methoxy groups -OCH3 is 1. The molecular weight excluding hydrogens is 306 g/mol. The topological polar surface area (TPSA) is 59.6 Å². The van der Waals surface area contributed by atoms with Gasteiger partial charge in [0.2, 0.25) is 0 Å². The number of para-hydroxylation sites is 2. The van der Waals surface area contributed by atoms with E-state index >= 15 is 0 Å². The lowest BCUT2D eigenvalue weighted by Crippen LogP contribution is -2.28. The molecule has 0 aliphatic heterocycles. The molecule has 2 aromatic carbocycles. The molecule has 0 aliphatic carbocycles. The number of anilines is 1. The van der Waals surface area contributed by atoms with Crippen molar-refractivity contribution in [3.8, 4) is 11.5 Å². The smallest absolute Gasteiger partial charge is 0.387 e. The second-order valence-electron chi connectivity index (χ2n) is 4.53. The number of carbonyl (C=O) groups excluding carboxylic acids is 1. The van der Waals surface area contributed by atoms with Crippen molar-refractivity contribution < 1.29 is 23.0 Å². The number of nitrogens with one attached hydrogen (secondary N) is 2. The van der Waals surface area contributed by atoms with Gasteiger partial charge in [0.05, 0.1) is 12.8 Å². The quantitative estimate of drug-likeness (QED) is 0.854. The highest BCUT2D eigenvalue weighted by molar-refractivity contribution is 5.90. The van der Waals surface area contributed by atoms with Crippen LogP contribution in [-0.2, 0) is 6.54 Å². The molecule has 2 amide bonds. The monoisotopic (exact) mass is 322 g/mol. The number of ether oxygens (including phenoxy) is 2. The Balaban J connectivity index is 1.91. The summed E-state index contributed by atoms with van der Waals surface area (Å²) >= 11 is 0. The maximum Gasteiger partial charge on any atom is 0.387 e. The Bertz CT molecular complexity index is 648. The number of rotatable bonds is 6. The van der Waals surface area contributed by atoms with E-state index in [9.17, 15) is 13.6 Å². The number of hydrogen-bond acceptors (Lipinski definition) is 3. The molecule has 0 aliphatic rings. The summed E-state index contributed by atoms with van der Waals surface area (Å²) in [5, 5.41) is 5.11. The molecule has 0 aromatic heterocycles. The number of alkyl halides is 2. The van der Waals surface area contributed by atoms with Gasteiger partial charge in [0.15, 0.2) is 0 Å². The molecule has 2 N–H and O–H groups in total. The standard InChI is InChI=1S/C16H16F2N2O3/c1-22-12-8-6-11(7-9-12)10-19-16(21)20-13-4-2-3-5-14(13)23-15(17)18/h2-9,15H,10H2,1H3,(H2,19,20,21). The van der Waals surface area contributed by atoms with Crippen LogP contribution < -0.4 is 20.1 Å². The highest BCUT2D eigenvalue weighted by atomic mass is 19.3. The Kier molecular flexibility index (Phi) is 5.74. The lowest BCUT2D eigenvalue weighted by molar-refractivity contribution is -0.0493. The van der Waals surface area contributed by atoms with Crippen molar-refractivity contribution in [3.05, 3.63) is 54.1 Å². The summed E-state index contributed by atoms with van der Waals surface area (Å²) in [6.45, 7) is -2.67. The first-order valence-electron chi connectivity index (χ1n) is 6.80. The van der Waals surface area contributed by atoms with Crippen LogP contribution in [0.5, 0.6) is 11.5 Å². The van der Waals surface area contributed by atoms with Crippen LogP contribution in [0, 0.1) is 0 Å². The van der Waals surface area contributed by atoms with Crippen molar-refractivity contribution in [2.45, 2.75) is 13.2 Å². The minimum Gasteiger partial charge on any atom is -0.497 e. The molecule has 0 fully saturated rings. The number of halogens is 2. The summed E-state index contributed by atoms with van der Waals surface area (Å²) in [7, 11) is 1.57. The van der Waals surface area contributed by atoms with E-state index in [0.29, 0.717) is 0 Å². The minimum atomic E-state index is -2.96. The number of carbonyl (C=O) groups is 1. The normalized spacial score (nSPS) is 10.3. The summed E-state index contributed by atoms with van der Waals surface area (Å²) in [5.41, 5.74) is 1.04. The first-order valence-corrected chi connectivity index (χ1v) is 6.80. The average molecular weight is 322 g/mol. The molecule has 0 radical (unpaired) electrons. The number of hydrogen-bond donors (Lipinski definition) is 2. The maximum atomic E-state index is 12.3. The van der Waals surface area contributed by atoms with Crippen LogP contribution in [0.2, 0.25) is 0 Å². The molecule has 0 unspecified atom stereocenters. The first kappa shape index (κ1) is 16.5. The fraction of sp³-hybridized carbons (Fsp3) is 0.188. The van der Waals surface area contributed by atoms with Crippen LogP contribution in [-0.4, -0.2) is 19.8 Å². The first-order chi connectivity index (χ1) is 11.1. The van der Waals surface area contributed by atoms with Gasteiger partial charge in [0.1, 0.15) is 11.5 Å². The molecule has 0 saturated carbocycles. The van der Waals surface area contributed by atoms with Crippen molar-refractivity contribution in [2.24, 2.45) is 0 Å². The predicted molar refractivity (Wildman–Crippen MR) is 81.9 cm³/mol. The molecule has 7 heteroatoms. The lowest BCUT2D eigenvalue weighted by Gasteiger charge is -2.12. The van der Waals surface area contributed by atoms with Gasteiger partial charge in [0.25, 0.3) is 0 Å². The maximum absolute atomic E-state index is 12.3. The molecule has 0 heterocycles. The van der Waals surface area contributed by atoms with Gasteiger partial charge in [-0.15, -0.1) is 0 Å². The number of amides is 2. The van der Waals surface area contributed by atoms with Crippen molar-refractivity contribution in [2.75, 3.05) is 12.4 Å². The number of benzene rings is 2. The van der Waals surface area contributed by atoms with Crippen molar-refractivity contribution in [1.29, 1.82) is 0 Å². The SMILES string of the molecule is COc1ccc(CNC(=O)Nc2ccccc2OC(F)F)cc1. The highest BCUT2D eigenvalue weighted by Gasteiger charge is 2.11. The molecule has 0 bridgehead atoms. The summed E-state index contributed by atoms with van der Waals surface area (Å²) in [4.78, 5) is 11.9. The van der Waals surface area contributed by atoms with E-state index in [2.05, 4.69) is 15.4 Å². The molecule has 23 heavy (non-hydrogen) atoms. The zero-order valence-corrected chi connectivity index (χ0v) is 12.4. The zero-order chi connectivity index (χ0) is 16.7. The van der Waals surface area contributed by atoms with Gasteiger partial charge in [-0.25, -0.2) is 4.79 Å². The van der Waals surface area contributed by atoms with E-state index in [4.69, 9.17) is 4.74 Å². The van der Waals surface area contributed by atoms with Crippen LogP contribution in [0.15, 0.2) is 48.5 Å². The second kappa shape index (κ2) is 7.98. The van der Waals surface area contributed by atoms with Gasteiger partial charge < -0.3 is 20.1 Å². The molecule has 2 rings (SSSR count). The van der Waals surface area contributed by atoms with Crippen molar-refractivity contribution in [1.82, 2.24) is 5.32 Å². The molecule has 5 nitrogen and oxygen atoms in total. The molecule has 122 valence electrons. The largest absolute Gasteiger partial charge is 0.497 e. The van der Waals surface area contributed by atoms with E-state index in [1.54, 1.807) is 25.3 Å². The Morgan fingerprint density at radius 1 is 1.13 bits per heavy atom. The summed E-state index contributed by atoms with van der Waals surface area (Å²) < 4.78 is 34.0. The van der Waals surface area contributed by atoms with Gasteiger partial charge in [-0.3, -0.25) is 0 Å². The lowest BCUT2D eigenvalue weighted by atomic mass is 10.2. The molecule has 0 spiro atoms. The Hall–Kier alpha value is -2.83. The molecular formula is C16H16F2N2O3. The minimum absolute atomic E-state index is 0.0953. The van der Waals surface area contributed by atoms with Crippen LogP contribution in [0.3, 0.4) is 0 Å². The van der Waals surface area contributed by atoms with Gasteiger partial charge in [0, 0.05) is 6.54 Å². The van der Waals surface area contributed by atoms with Crippen LogP contribution in [0.25, 0.3) is 0 Å². The summed E-state index contributed by atoms with van der Waals surface area (Å²) in [6.07, 6.45) is 0. The molecule has 2 aromatic rings. The second-order valence-corrected chi connectivity index (χ2v) is 4.53. The third-order valence-electron chi connectivity index (χ3n) is 2.96. The third-order valence-corrected chi connectivity index (χ3v) is 2.96. The van der Waals surface area contributed by atoms with Crippen molar-refractivity contribution in [3.63, 3.8) is 0 Å². The number of urea groups is 1. The average Bonchev–Trinajstić information content (AvgIpc) is 2.55. The van der Waals surface area contributed by atoms with E-state index in [-0.39, 0.29) is 18.0 Å². The van der Waals surface area contributed by atoms with E-state index < -0.39 is 12.6 Å². The summed E-state index contributed by atoms with van der Waals surface area (Å²) in [6, 6.07) is 12.6. The fourth-order valence-corrected chi connectivity index (χ4v) is 1.86. The Morgan fingerprint density at radius 3 is 2.48 bits per heavy atom. The van der Waals surface area contributed by atoms with E-state index in [0.717, 1.165) is 11.3 Å². The fourth-order valence-electron chi connectivity index (χ4n) is 1.86. The van der Waals surface area contributed by atoms with E-state index in [1.165, 1.54) is 18.2 Å². The van der Waals surface area contributed by atoms with Gasteiger partial charge in [-0.2, -0.15) is 8.78 Å². The highest BCUT2D eigenvalue weighted by Crippen LogP contribution is 2.25. The third kappa shape index (κ3) is 5.14. The van der Waals surface area contributed by atoms with Crippen LogP contribution in [0.1, 0.15) is 5.56 Å². The zero-order valence-electron chi connectivity index (χ0n) is 12.4. The summed E-state index contributed by atoms with van der Waals surface area (Å²) in [5.74, 6) is 0.623. The van der Waals surface area contributed by atoms with Crippen LogP contribution in [0.4, 0.5) is 19.3 Å². The Labute approximate surface area is 132 Å². The van der Waals surface area contributed by atoms with Gasteiger partial charge in [-0.05, 0) is 29.8 Å². The Morgan fingerprint density at radius 2 is 1.83 bits per heavy atom. The molecule has 0 atom stereocenters. The van der Waals surface area contributed by atoms with Crippen molar-refractivity contribution >= 4 is 11.7 Å². The van der Waals surface area contributed by atoms with Crippen LogP contribution >= 0.6 is 0 Å². The predicted octanol–water partition coefficient (Wildman–Crippen LogP) is 3.62. The van der Waals surface area contributed by atoms with E-state index in [1.807, 2.05) is 12.1 Å². The van der Waals surface area contributed by atoms with Gasteiger partial charge in [-0.1, -0.05) is 24.3 Å². The molecule has 0 saturated heterocycles.